The highest BCUT2D eigenvalue weighted by Crippen LogP contribution is 2.08. The van der Waals surface area contributed by atoms with E-state index in [4.69, 9.17) is 0 Å². The summed E-state index contributed by atoms with van der Waals surface area (Å²) >= 11 is 0. The molecular weight excluding hydrogens is 148 g/mol. The van der Waals surface area contributed by atoms with E-state index in [2.05, 4.69) is 30.7 Å². The summed E-state index contributed by atoms with van der Waals surface area (Å²) in [6.45, 7) is 9.65. The number of likely N-dealkylation sites (N-methyl/N-ethyl adjacent to an activating group) is 1. The molecular formula is C10H22N2. The van der Waals surface area contributed by atoms with E-state index in [1.54, 1.807) is 0 Å². The zero-order valence-corrected chi connectivity index (χ0v) is 8.71. The second-order valence-electron chi connectivity index (χ2n) is 4.00. The average Bonchev–Trinajstić information content (AvgIpc) is 2.03. The molecule has 0 aliphatic carbocycles. The maximum absolute atomic E-state index is 2.61. The van der Waals surface area contributed by atoms with Crippen molar-refractivity contribution < 1.29 is 0 Å². The van der Waals surface area contributed by atoms with Crippen LogP contribution in [0.25, 0.3) is 0 Å². The number of unbranched alkanes of at least 4 members (excludes halogenated alkanes) is 1. The SMILES string of the molecule is CCCCN1CCN(C)C[C@@H]1C. The summed E-state index contributed by atoms with van der Waals surface area (Å²) in [5, 5.41) is 0. The number of nitrogens with zero attached hydrogens (tertiary/aromatic N) is 2. The van der Waals surface area contributed by atoms with Crippen LogP contribution in [0.3, 0.4) is 0 Å². The van der Waals surface area contributed by atoms with E-state index in [0.29, 0.717) is 0 Å². The predicted octanol–water partition coefficient (Wildman–Crippen LogP) is 1.42. The van der Waals surface area contributed by atoms with Crippen molar-refractivity contribution in [3.63, 3.8) is 0 Å². The molecule has 72 valence electrons. The molecule has 1 saturated heterocycles. The van der Waals surface area contributed by atoms with E-state index in [0.717, 1.165) is 6.04 Å². The van der Waals surface area contributed by atoms with Crippen molar-refractivity contribution in [3.05, 3.63) is 0 Å². The summed E-state index contributed by atoms with van der Waals surface area (Å²) in [7, 11) is 2.22. The van der Waals surface area contributed by atoms with Gasteiger partial charge >= 0.3 is 0 Å². The van der Waals surface area contributed by atoms with E-state index >= 15 is 0 Å². The molecule has 1 atom stereocenters. The van der Waals surface area contributed by atoms with Crippen molar-refractivity contribution in [2.24, 2.45) is 0 Å². The number of piperazine rings is 1. The standard InChI is InChI=1S/C10H22N2/c1-4-5-6-12-8-7-11(3)9-10(12)2/h10H,4-9H2,1-3H3/t10-/m0/s1. The lowest BCUT2D eigenvalue weighted by atomic mass is 10.2. The molecule has 12 heavy (non-hydrogen) atoms. The van der Waals surface area contributed by atoms with Gasteiger partial charge in [0, 0.05) is 25.7 Å². The molecule has 0 aromatic heterocycles. The topological polar surface area (TPSA) is 6.48 Å². The normalized spacial score (nSPS) is 27.8. The van der Waals surface area contributed by atoms with Crippen molar-refractivity contribution in [2.75, 3.05) is 33.2 Å². The van der Waals surface area contributed by atoms with Gasteiger partial charge in [0.25, 0.3) is 0 Å². The first-order valence-electron chi connectivity index (χ1n) is 5.16. The Hall–Kier alpha value is -0.0800. The second kappa shape index (κ2) is 4.83. The van der Waals surface area contributed by atoms with Crippen LogP contribution >= 0.6 is 0 Å². The third kappa shape index (κ3) is 2.76. The number of hydrogen-bond donors (Lipinski definition) is 0. The first-order valence-corrected chi connectivity index (χ1v) is 5.16. The Balaban J connectivity index is 2.25. The fraction of sp³-hybridized carbons (Fsp3) is 1.00. The van der Waals surface area contributed by atoms with Gasteiger partial charge in [-0.25, -0.2) is 0 Å². The van der Waals surface area contributed by atoms with Crippen molar-refractivity contribution in [1.82, 2.24) is 9.80 Å². The molecule has 1 aliphatic rings. The van der Waals surface area contributed by atoms with Crippen LogP contribution in [-0.4, -0.2) is 49.1 Å². The van der Waals surface area contributed by atoms with Gasteiger partial charge in [0.15, 0.2) is 0 Å². The van der Waals surface area contributed by atoms with Crippen molar-refractivity contribution in [3.8, 4) is 0 Å². The molecule has 1 heterocycles. The molecule has 0 N–H and O–H groups in total. The van der Waals surface area contributed by atoms with Crippen LogP contribution in [0.5, 0.6) is 0 Å². The van der Waals surface area contributed by atoms with Gasteiger partial charge in [-0.1, -0.05) is 13.3 Å². The highest BCUT2D eigenvalue weighted by molar-refractivity contribution is 4.76. The summed E-state index contributed by atoms with van der Waals surface area (Å²) in [5.41, 5.74) is 0. The molecule has 0 aromatic carbocycles. The van der Waals surface area contributed by atoms with Gasteiger partial charge in [-0.15, -0.1) is 0 Å². The molecule has 1 fully saturated rings. The first kappa shape index (κ1) is 10.0. The Morgan fingerprint density at radius 1 is 1.33 bits per heavy atom. The van der Waals surface area contributed by atoms with Crippen LogP contribution in [0, 0.1) is 0 Å². The summed E-state index contributed by atoms with van der Waals surface area (Å²) in [6, 6.07) is 0.760. The fourth-order valence-corrected chi connectivity index (χ4v) is 1.87. The van der Waals surface area contributed by atoms with Crippen LogP contribution in [0.2, 0.25) is 0 Å². The quantitative estimate of drug-likeness (QED) is 0.632. The van der Waals surface area contributed by atoms with E-state index in [-0.39, 0.29) is 0 Å². The zero-order chi connectivity index (χ0) is 8.97. The first-order chi connectivity index (χ1) is 5.74. The monoisotopic (exact) mass is 170 g/mol. The smallest absolute Gasteiger partial charge is 0.0195 e. The van der Waals surface area contributed by atoms with E-state index < -0.39 is 0 Å². The molecule has 0 unspecified atom stereocenters. The van der Waals surface area contributed by atoms with Gasteiger partial charge in [0.2, 0.25) is 0 Å². The predicted molar refractivity (Wildman–Crippen MR) is 53.4 cm³/mol. The Labute approximate surface area is 76.5 Å². The molecule has 0 radical (unpaired) electrons. The molecule has 0 amide bonds. The van der Waals surface area contributed by atoms with Crippen LogP contribution in [0.15, 0.2) is 0 Å². The zero-order valence-electron chi connectivity index (χ0n) is 8.71. The Morgan fingerprint density at radius 3 is 2.67 bits per heavy atom. The molecule has 0 aromatic rings. The van der Waals surface area contributed by atoms with Crippen molar-refractivity contribution >= 4 is 0 Å². The largest absolute Gasteiger partial charge is 0.304 e. The Kier molecular flexibility index (Phi) is 4.02. The minimum absolute atomic E-state index is 0.760. The van der Waals surface area contributed by atoms with Gasteiger partial charge in [-0.05, 0) is 26.9 Å². The molecule has 0 spiro atoms. The van der Waals surface area contributed by atoms with Crippen molar-refractivity contribution in [1.29, 1.82) is 0 Å². The third-order valence-corrected chi connectivity index (χ3v) is 2.77. The molecule has 0 saturated carbocycles. The van der Waals surface area contributed by atoms with E-state index in [1.165, 1.54) is 39.0 Å². The maximum Gasteiger partial charge on any atom is 0.0195 e. The van der Waals surface area contributed by atoms with Crippen LogP contribution in [-0.2, 0) is 0 Å². The number of hydrogen-bond acceptors (Lipinski definition) is 2. The summed E-state index contributed by atoms with van der Waals surface area (Å²) in [6.07, 6.45) is 2.67. The molecule has 1 rings (SSSR count). The summed E-state index contributed by atoms with van der Waals surface area (Å²) in [4.78, 5) is 5.04. The lowest BCUT2D eigenvalue weighted by Gasteiger charge is -2.38. The van der Waals surface area contributed by atoms with Gasteiger partial charge in [0.1, 0.15) is 0 Å². The van der Waals surface area contributed by atoms with Gasteiger partial charge in [0.05, 0.1) is 0 Å². The van der Waals surface area contributed by atoms with Gasteiger partial charge < -0.3 is 4.90 Å². The third-order valence-electron chi connectivity index (χ3n) is 2.77. The van der Waals surface area contributed by atoms with E-state index in [1.807, 2.05) is 0 Å². The average molecular weight is 170 g/mol. The molecule has 2 nitrogen and oxygen atoms in total. The van der Waals surface area contributed by atoms with Crippen molar-refractivity contribution in [2.45, 2.75) is 32.7 Å². The Bertz CT molecular complexity index is 123. The lowest BCUT2D eigenvalue weighted by Crippen LogP contribution is -2.50. The van der Waals surface area contributed by atoms with Gasteiger partial charge in [-0.2, -0.15) is 0 Å². The molecule has 0 bridgehead atoms. The van der Waals surface area contributed by atoms with Gasteiger partial charge in [-0.3, -0.25) is 4.90 Å². The van der Waals surface area contributed by atoms with E-state index in [9.17, 15) is 0 Å². The highest BCUT2D eigenvalue weighted by Gasteiger charge is 2.19. The lowest BCUT2D eigenvalue weighted by molar-refractivity contribution is 0.0990. The van der Waals surface area contributed by atoms with Crippen LogP contribution in [0.1, 0.15) is 26.7 Å². The molecule has 2 heteroatoms. The summed E-state index contributed by atoms with van der Waals surface area (Å²) < 4.78 is 0. The van der Waals surface area contributed by atoms with Crippen LogP contribution < -0.4 is 0 Å². The summed E-state index contributed by atoms with van der Waals surface area (Å²) in [5.74, 6) is 0. The fourth-order valence-electron chi connectivity index (χ4n) is 1.87. The minimum Gasteiger partial charge on any atom is -0.304 e. The highest BCUT2D eigenvalue weighted by atomic mass is 15.3. The Morgan fingerprint density at radius 2 is 2.08 bits per heavy atom. The second-order valence-corrected chi connectivity index (χ2v) is 4.00. The number of rotatable bonds is 3. The maximum atomic E-state index is 2.61. The molecule has 1 aliphatic heterocycles. The van der Waals surface area contributed by atoms with Crippen LogP contribution in [0.4, 0.5) is 0 Å². The minimum atomic E-state index is 0.760.